The van der Waals surface area contributed by atoms with E-state index in [2.05, 4.69) is 31.3 Å². The number of hydrogen-bond acceptors (Lipinski definition) is 18. The van der Waals surface area contributed by atoms with Crippen LogP contribution in [0.5, 0.6) is 0 Å². The molecule has 0 aromatic heterocycles. The van der Waals surface area contributed by atoms with Gasteiger partial charge in [-0.25, -0.2) is 0 Å². The van der Waals surface area contributed by atoms with Gasteiger partial charge in [0.2, 0.25) is 5.91 Å². The summed E-state index contributed by atoms with van der Waals surface area (Å²) >= 11 is 0. The van der Waals surface area contributed by atoms with Crippen molar-refractivity contribution in [2.75, 3.05) is 26.4 Å². The lowest BCUT2D eigenvalue weighted by Crippen LogP contribution is -2.66. The number of amides is 1. The van der Waals surface area contributed by atoms with Gasteiger partial charge in [-0.2, -0.15) is 0 Å². The number of rotatable bonds is 43. The van der Waals surface area contributed by atoms with Gasteiger partial charge in [-0.15, -0.1) is 0 Å². The topological polar surface area (TPSA) is 307 Å². The van der Waals surface area contributed by atoms with Crippen LogP contribution >= 0.6 is 0 Å². The predicted octanol–water partition coefficient (Wildman–Crippen LogP) is 4.60. The number of carbonyl (C=O) groups is 1. The fraction of sp³-hybridized carbons (Fsp3) is 0.946. The molecule has 3 aliphatic heterocycles. The summed E-state index contributed by atoms with van der Waals surface area (Å²) in [5, 5.41) is 120. The summed E-state index contributed by atoms with van der Waals surface area (Å²) in [5.74, 6) is -0.246. The molecule has 19 nitrogen and oxygen atoms in total. The highest BCUT2D eigenvalue weighted by Crippen LogP contribution is 2.33. The van der Waals surface area contributed by atoms with Gasteiger partial charge in [-0.3, -0.25) is 4.79 Å². The van der Waals surface area contributed by atoms with Gasteiger partial charge in [-0.05, 0) is 38.5 Å². The standard InChI is InChI=1S/C56H105NO18/c1-3-5-7-9-11-13-15-16-17-18-19-20-21-22-24-26-28-30-32-34-44(62)57-39(40(61)33-31-29-27-25-23-14-12-10-8-6-4-2)38-70-54-50(68)47(65)52(42(36-59)72-54)75-56-51(69)48(66)53(43(37-60)73-56)74-55-49(67)46(64)45(63)41(35-58)71-55/h16-17,39-43,45-56,58-61,63-69H,3-15,18-38H2,1-2H3,(H,57,62)/b17-16-. The van der Waals surface area contributed by atoms with Crippen molar-refractivity contribution in [3.8, 4) is 0 Å². The Bertz CT molecular complexity index is 1430. The summed E-state index contributed by atoms with van der Waals surface area (Å²) in [6, 6.07) is -0.883. The Hall–Kier alpha value is -1.47. The van der Waals surface area contributed by atoms with E-state index in [4.69, 9.17) is 28.4 Å². The second-order valence-electron chi connectivity index (χ2n) is 21.5. The minimum atomic E-state index is -1.97. The molecule has 1 amide bonds. The minimum absolute atomic E-state index is 0.246. The highest BCUT2D eigenvalue weighted by atomic mass is 16.8. The van der Waals surface area contributed by atoms with E-state index in [9.17, 15) is 61.0 Å². The molecule has 3 rings (SSSR count). The molecule has 442 valence electrons. The smallest absolute Gasteiger partial charge is 0.220 e. The van der Waals surface area contributed by atoms with Gasteiger partial charge in [0.1, 0.15) is 73.2 Å². The zero-order valence-electron chi connectivity index (χ0n) is 45.8. The van der Waals surface area contributed by atoms with E-state index >= 15 is 0 Å². The second kappa shape index (κ2) is 40.7. The largest absolute Gasteiger partial charge is 0.394 e. The summed E-state index contributed by atoms with van der Waals surface area (Å²) in [5.41, 5.74) is 0. The van der Waals surface area contributed by atoms with Crippen molar-refractivity contribution >= 4 is 5.91 Å². The lowest BCUT2D eigenvalue weighted by molar-refractivity contribution is -0.379. The van der Waals surface area contributed by atoms with E-state index in [1.54, 1.807) is 0 Å². The fourth-order valence-corrected chi connectivity index (χ4v) is 10.2. The molecule has 75 heavy (non-hydrogen) atoms. The molecule has 0 radical (unpaired) electrons. The third-order valence-electron chi connectivity index (χ3n) is 15.1. The molecule has 0 saturated carbocycles. The summed E-state index contributed by atoms with van der Waals surface area (Å²) in [6.45, 7) is 1.77. The number of ether oxygens (including phenoxy) is 6. The molecule has 17 atom stereocenters. The second-order valence-corrected chi connectivity index (χ2v) is 21.5. The molecule has 3 saturated heterocycles. The van der Waals surface area contributed by atoms with E-state index in [1.807, 2.05) is 0 Å². The van der Waals surface area contributed by atoms with Gasteiger partial charge < -0.3 is 89.9 Å². The van der Waals surface area contributed by atoms with Crippen LogP contribution in [0, 0.1) is 0 Å². The van der Waals surface area contributed by atoms with Crippen molar-refractivity contribution < 1.29 is 89.4 Å². The van der Waals surface area contributed by atoms with Gasteiger partial charge >= 0.3 is 0 Å². The van der Waals surface area contributed by atoms with Crippen LogP contribution in [0.1, 0.15) is 206 Å². The Morgan fingerprint density at radius 1 is 0.467 bits per heavy atom. The molecule has 3 fully saturated rings. The first-order valence-corrected chi connectivity index (χ1v) is 29.4. The average Bonchev–Trinajstić information content (AvgIpc) is 3.41. The quantitative estimate of drug-likeness (QED) is 0.0293. The highest BCUT2D eigenvalue weighted by Gasteiger charge is 2.53. The maximum atomic E-state index is 13.3. The van der Waals surface area contributed by atoms with Crippen LogP contribution in [0.3, 0.4) is 0 Å². The SMILES string of the molecule is CCCCCCCC/C=C\CCCCCCCCCCCC(=O)NC(COC1OC(CO)C(OC2OC(CO)C(OC3OC(CO)C(O)C(O)C3O)C(O)C2O)C(O)C1O)C(O)CCCCCCCCCCCCC. The third-order valence-corrected chi connectivity index (χ3v) is 15.1. The Kier molecular flexibility index (Phi) is 36.8. The zero-order valence-corrected chi connectivity index (χ0v) is 45.8. The normalized spacial score (nSPS) is 31.2. The first-order valence-electron chi connectivity index (χ1n) is 29.4. The Balaban J connectivity index is 1.48. The van der Waals surface area contributed by atoms with E-state index < -0.39 is 124 Å². The van der Waals surface area contributed by atoms with Gasteiger partial charge in [-0.1, -0.05) is 174 Å². The van der Waals surface area contributed by atoms with Crippen LogP contribution in [0.2, 0.25) is 0 Å². The first kappa shape index (κ1) is 67.8. The Labute approximate surface area is 448 Å². The maximum Gasteiger partial charge on any atom is 0.220 e. The van der Waals surface area contributed by atoms with E-state index in [0.717, 1.165) is 51.4 Å². The van der Waals surface area contributed by atoms with Gasteiger partial charge in [0, 0.05) is 6.42 Å². The number of nitrogens with one attached hydrogen (secondary N) is 1. The van der Waals surface area contributed by atoms with Crippen molar-refractivity contribution in [1.29, 1.82) is 0 Å². The fourth-order valence-electron chi connectivity index (χ4n) is 10.2. The van der Waals surface area contributed by atoms with Crippen molar-refractivity contribution in [3.63, 3.8) is 0 Å². The summed E-state index contributed by atoms with van der Waals surface area (Å²) in [6.07, 6.45) is 11.6. The van der Waals surface area contributed by atoms with Crippen molar-refractivity contribution in [1.82, 2.24) is 5.32 Å². The van der Waals surface area contributed by atoms with E-state index in [1.165, 1.54) is 122 Å². The van der Waals surface area contributed by atoms with Crippen molar-refractivity contribution in [3.05, 3.63) is 12.2 Å². The van der Waals surface area contributed by atoms with Crippen LogP contribution in [-0.4, -0.2) is 193 Å². The van der Waals surface area contributed by atoms with Crippen molar-refractivity contribution in [2.24, 2.45) is 0 Å². The number of unbranched alkanes of at least 4 members (excludes halogenated alkanes) is 25. The van der Waals surface area contributed by atoms with Crippen LogP contribution in [-0.2, 0) is 33.2 Å². The average molecular weight is 1080 g/mol. The molecule has 12 N–H and O–H groups in total. The number of carbonyl (C=O) groups excluding carboxylic acids is 1. The molecule has 3 heterocycles. The molecule has 3 aliphatic rings. The monoisotopic (exact) mass is 1080 g/mol. The van der Waals surface area contributed by atoms with E-state index in [0.29, 0.717) is 12.8 Å². The molecule has 0 bridgehead atoms. The first-order chi connectivity index (χ1) is 36.3. The lowest BCUT2D eigenvalue weighted by Gasteiger charge is -2.48. The number of allylic oxidation sites excluding steroid dienone is 2. The van der Waals surface area contributed by atoms with Gasteiger partial charge in [0.25, 0.3) is 0 Å². The molecule has 0 aliphatic carbocycles. The number of hydrogen-bond donors (Lipinski definition) is 12. The summed E-state index contributed by atoms with van der Waals surface area (Å²) < 4.78 is 34.2. The molecular formula is C56H105NO18. The van der Waals surface area contributed by atoms with Gasteiger partial charge in [0.15, 0.2) is 18.9 Å². The molecule has 0 aromatic rings. The van der Waals surface area contributed by atoms with Crippen LogP contribution < -0.4 is 5.32 Å². The summed E-state index contributed by atoms with van der Waals surface area (Å²) in [4.78, 5) is 13.3. The van der Waals surface area contributed by atoms with Crippen LogP contribution in [0.4, 0.5) is 0 Å². The lowest BCUT2D eigenvalue weighted by atomic mass is 9.96. The zero-order chi connectivity index (χ0) is 54.8. The van der Waals surface area contributed by atoms with E-state index in [-0.39, 0.29) is 18.9 Å². The maximum absolute atomic E-state index is 13.3. The number of aliphatic hydroxyl groups is 11. The van der Waals surface area contributed by atoms with Crippen LogP contribution in [0.25, 0.3) is 0 Å². The van der Waals surface area contributed by atoms with Crippen LogP contribution in [0.15, 0.2) is 12.2 Å². The molecule has 19 heteroatoms. The molecule has 0 aromatic carbocycles. The molecule has 17 unspecified atom stereocenters. The third kappa shape index (κ3) is 25.3. The Morgan fingerprint density at radius 2 is 0.840 bits per heavy atom. The summed E-state index contributed by atoms with van der Waals surface area (Å²) in [7, 11) is 0. The van der Waals surface area contributed by atoms with Gasteiger partial charge in [0.05, 0.1) is 38.6 Å². The minimum Gasteiger partial charge on any atom is -0.394 e. The number of aliphatic hydroxyl groups excluding tert-OH is 11. The molecule has 0 spiro atoms. The predicted molar refractivity (Wildman–Crippen MR) is 282 cm³/mol. The Morgan fingerprint density at radius 3 is 1.29 bits per heavy atom. The van der Waals surface area contributed by atoms with Crippen molar-refractivity contribution in [2.45, 2.75) is 311 Å². The molecular weight excluding hydrogens is 975 g/mol. The highest BCUT2D eigenvalue weighted by molar-refractivity contribution is 5.76.